The maximum Gasteiger partial charge on any atom is 0.194 e. The highest BCUT2D eigenvalue weighted by atomic mass is 32.1. The highest BCUT2D eigenvalue weighted by Gasteiger charge is 2.24. The summed E-state index contributed by atoms with van der Waals surface area (Å²) in [7, 11) is 2.29. The molecular weight excluding hydrogens is 292 g/mol. The van der Waals surface area contributed by atoms with Crippen molar-refractivity contribution in [3.05, 3.63) is 47.6 Å². The molecule has 5 heteroatoms. The molecule has 1 saturated heterocycles. The van der Waals surface area contributed by atoms with Crippen LogP contribution in [0.1, 0.15) is 5.69 Å². The van der Waals surface area contributed by atoms with Crippen molar-refractivity contribution in [1.82, 2.24) is 9.38 Å². The van der Waals surface area contributed by atoms with Crippen molar-refractivity contribution in [3.63, 3.8) is 0 Å². The van der Waals surface area contributed by atoms with E-state index in [1.54, 1.807) is 21.1 Å². The van der Waals surface area contributed by atoms with Crippen molar-refractivity contribution < 1.29 is 9.80 Å². The Hall–Kier alpha value is -1.69. The van der Waals surface area contributed by atoms with Gasteiger partial charge in [0, 0.05) is 17.1 Å². The van der Waals surface area contributed by atoms with Gasteiger partial charge in [-0.25, -0.2) is 4.98 Å². The molecule has 0 spiro atoms. The Morgan fingerprint density at radius 3 is 2.68 bits per heavy atom. The molecule has 4 rings (SSSR count). The van der Waals surface area contributed by atoms with Crippen LogP contribution in [0.25, 0.3) is 16.2 Å². The molecule has 1 aliphatic heterocycles. The van der Waals surface area contributed by atoms with E-state index in [0.29, 0.717) is 0 Å². The van der Waals surface area contributed by atoms with E-state index < -0.39 is 0 Å². The summed E-state index contributed by atoms with van der Waals surface area (Å²) < 4.78 is 2.28. The molecular formula is C17H22N4S+2. The van der Waals surface area contributed by atoms with Crippen LogP contribution in [0.3, 0.4) is 0 Å². The number of quaternary nitrogens is 2. The third kappa shape index (κ3) is 2.56. The lowest BCUT2D eigenvalue weighted by molar-refractivity contribution is -1.01. The molecule has 3 aromatic rings. The van der Waals surface area contributed by atoms with E-state index in [2.05, 4.69) is 53.4 Å². The normalized spacial score (nSPS) is 22.2. The van der Waals surface area contributed by atoms with Crippen molar-refractivity contribution in [3.8, 4) is 11.3 Å². The second-order valence-electron chi connectivity index (χ2n) is 6.21. The van der Waals surface area contributed by atoms with Crippen LogP contribution in [0.5, 0.6) is 0 Å². The quantitative estimate of drug-likeness (QED) is 0.698. The smallest absolute Gasteiger partial charge is 0.194 e. The first kappa shape index (κ1) is 13.9. The highest BCUT2D eigenvalue weighted by molar-refractivity contribution is 7.15. The Labute approximate surface area is 134 Å². The van der Waals surface area contributed by atoms with Gasteiger partial charge in [-0.15, -0.1) is 11.3 Å². The number of imidazole rings is 1. The minimum absolute atomic E-state index is 1.06. The highest BCUT2D eigenvalue weighted by Crippen LogP contribution is 2.26. The van der Waals surface area contributed by atoms with Crippen molar-refractivity contribution in [1.29, 1.82) is 0 Å². The first-order valence-corrected chi connectivity index (χ1v) is 8.84. The standard InChI is InChI=1S/C17H20N4S/c1-19-7-9-20(10-8-19)13-15-16(14-5-3-2-4-6-14)18-17-21(15)11-12-22-17/h2-6,11-12H,7-10,13H2,1H3/p+2. The van der Waals surface area contributed by atoms with Crippen LogP contribution in [0, 0.1) is 0 Å². The van der Waals surface area contributed by atoms with Gasteiger partial charge in [-0.3, -0.25) is 4.40 Å². The molecule has 0 saturated carbocycles. The zero-order chi connectivity index (χ0) is 14.9. The molecule has 0 radical (unpaired) electrons. The summed E-state index contributed by atoms with van der Waals surface area (Å²) in [5, 5.41) is 2.13. The fourth-order valence-corrected chi connectivity index (χ4v) is 4.01. The van der Waals surface area contributed by atoms with E-state index in [1.807, 2.05) is 0 Å². The van der Waals surface area contributed by atoms with Crippen LogP contribution in [-0.4, -0.2) is 42.6 Å². The number of piperazine rings is 1. The molecule has 114 valence electrons. The van der Waals surface area contributed by atoms with Crippen LogP contribution in [0.2, 0.25) is 0 Å². The molecule has 4 nitrogen and oxygen atoms in total. The van der Waals surface area contributed by atoms with Crippen molar-refractivity contribution in [2.45, 2.75) is 6.54 Å². The zero-order valence-electron chi connectivity index (χ0n) is 12.9. The van der Waals surface area contributed by atoms with E-state index in [0.717, 1.165) is 17.2 Å². The Morgan fingerprint density at radius 2 is 1.91 bits per heavy atom. The minimum atomic E-state index is 1.06. The molecule has 1 fully saturated rings. The Balaban J connectivity index is 1.70. The first-order chi connectivity index (χ1) is 10.8. The molecule has 2 N–H and O–H groups in total. The molecule has 0 bridgehead atoms. The Bertz CT molecular complexity index is 753. The zero-order valence-corrected chi connectivity index (χ0v) is 13.7. The van der Waals surface area contributed by atoms with Gasteiger partial charge in [0.05, 0.1) is 12.7 Å². The van der Waals surface area contributed by atoms with Gasteiger partial charge in [0.2, 0.25) is 0 Å². The van der Waals surface area contributed by atoms with E-state index in [4.69, 9.17) is 4.98 Å². The van der Waals surface area contributed by atoms with Crippen LogP contribution in [0.15, 0.2) is 41.9 Å². The maximum atomic E-state index is 4.89. The van der Waals surface area contributed by atoms with E-state index in [1.165, 1.54) is 37.4 Å². The number of nitrogens with zero attached hydrogens (tertiary/aromatic N) is 2. The molecule has 0 atom stereocenters. The lowest BCUT2D eigenvalue weighted by Crippen LogP contribution is -3.26. The molecule has 0 amide bonds. The first-order valence-electron chi connectivity index (χ1n) is 7.96. The number of hydrogen-bond acceptors (Lipinski definition) is 2. The van der Waals surface area contributed by atoms with Crippen LogP contribution >= 0.6 is 11.3 Å². The monoisotopic (exact) mass is 314 g/mol. The summed E-state index contributed by atoms with van der Waals surface area (Å²) >= 11 is 1.72. The van der Waals surface area contributed by atoms with Gasteiger partial charge in [0.15, 0.2) is 4.96 Å². The summed E-state index contributed by atoms with van der Waals surface area (Å²) in [5.74, 6) is 0. The predicted molar refractivity (Wildman–Crippen MR) is 89.5 cm³/mol. The lowest BCUT2D eigenvalue weighted by Gasteiger charge is -2.27. The average molecular weight is 314 g/mol. The second-order valence-corrected chi connectivity index (χ2v) is 7.09. The summed E-state index contributed by atoms with van der Waals surface area (Å²) in [4.78, 5) is 9.32. The summed E-state index contributed by atoms with van der Waals surface area (Å²) in [5.41, 5.74) is 3.75. The number of likely N-dealkylation sites (N-methyl/N-ethyl adjacent to an activating group) is 1. The largest absolute Gasteiger partial charge is 0.328 e. The SMILES string of the molecule is C[NH+]1CC[NH+](Cc2c(-c3ccccc3)nc3sccn23)CC1. The Kier molecular flexibility index (Phi) is 3.70. The maximum absolute atomic E-state index is 4.89. The molecule has 0 unspecified atom stereocenters. The van der Waals surface area contributed by atoms with Crippen LogP contribution in [-0.2, 0) is 6.54 Å². The van der Waals surface area contributed by atoms with E-state index in [9.17, 15) is 0 Å². The Morgan fingerprint density at radius 1 is 1.14 bits per heavy atom. The number of benzene rings is 1. The third-order valence-corrected chi connectivity index (χ3v) is 5.39. The fourth-order valence-electron chi connectivity index (χ4n) is 3.27. The third-order valence-electron chi connectivity index (χ3n) is 4.64. The molecule has 3 heterocycles. The van der Waals surface area contributed by atoms with Gasteiger partial charge in [-0.05, 0) is 0 Å². The fraction of sp³-hybridized carbons (Fsp3) is 0.353. The van der Waals surface area contributed by atoms with Crippen LogP contribution in [0.4, 0.5) is 0 Å². The average Bonchev–Trinajstić information content (AvgIpc) is 3.13. The number of fused-ring (bicyclic) bond motifs is 1. The summed E-state index contributed by atoms with van der Waals surface area (Å²) in [6.45, 7) is 6.09. The lowest BCUT2D eigenvalue weighted by atomic mass is 10.1. The molecule has 1 aliphatic rings. The van der Waals surface area contributed by atoms with E-state index >= 15 is 0 Å². The molecule has 2 aromatic heterocycles. The van der Waals surface area contributed by atoms with Gasteiger partial charge < -0.3 is 9.80 Å². The number of nitrogens with one attached hydrogen (secondary N) is 2. The number of hydrogen-bond donors (Lipinski definition) is 2. The molecule has 0 aliphatic carbocycles. The van der Waals surface area contributed by atoms with Gasteiger partial charge in [0.25, 0.3) is 0 Å². The summed E-state index contributed by atoms with van der Waals surface area (Å²) in [6, 6.07) is 10.6. The van der Waals surface area contributed by atoms with Crippen molar-refractivity contribution in [2.75, 3.05) is 33.2 Å². The van der Waals surface area contributed by atoms with Gasteiger partial charge in [0.1, 0.15) is 38.4 Å². The van der Waals surface area contributed by atoms with Gasteiger partial charge in [-0.2, -0.15) is 0 Å². The number of thiazole rings is 1. The predicted octanol–water partition coefficient (Wildman–Crippen LogP) is -0.0240. The van der Waals surface area contributed by atoms with Crippen molar-refractivity contribution in [2.24, 2.45) is 0 Å². The molecule has 22 heavy (non-hydrogen) atoms. The second kappa shape index (κ2) is 5.83. The number of rotatable bonds is 3. The van der Waals surface area contributed by atoms with Gasteiger partial charge in [-0.1, -0.05) is 30.3 Å². The van der Waals surface area contributed by atoms with E-state index in [-0.39, 0.29) is 0 Å². The number of aromatic nitrogens is 2. The van der Waals surface area contributed by atoms with Crippen molar-refractivity contribution >= 4 is 16.3 Å². The van der Waals surface area contributed by atoms with Crippen LogP contribution < -0.4 is 9.80 Å². The van der Waals surface area contributed by atoms with Gasteiger partial charge >= 0.3 is 0 Å². The topological polar surface area (TPSA) is 26.2 Å². The minimum Gasteiger partial charge on any atom is -0.328 e. The summed E-state index contributed by atoms with van der Waals surface area (Å²) in [6.07, 6.45) is 2.16. The molecule has 1 aromatic carbocycles.